The number of nitrogens with zero attached hydrogens (tertiary/aromatic N) is 2. The second kappa shape index (κ2) is 7.36. The number of anilines is 1. The fourth-order valence-corrected chi connectivity index (χ4v) is 2.56. The highest BCUT2D eigenvalue weighted by molar-refractivity contribution is 6.30. The third kappa shape index (κ3) is 4.16. The van der Waals surface area contributed by atoms with Crippen LogP contribution in [0.1, 0.15) is 17.4 Å². The van der Waals surface area contributed by atoms with E-state index in [-0.39, 0.29) is 5.82 Å². The van der Waals surface area contributed by atoms with E-state index in [2.05, 4.69) is 15.6 Å². The molecular weight excluding hydrogens is 343 g/mol. The first-order valence-electron chi connectivity index (χ1n) is 7.59. The first-order valence-corrected chi connectivity index (χ1v) is 7.96. The molecule has 2 amide bonds. The predicted molar refractivity (Wildman–Crippen MR) is 95.1 cm³/mol. The van der Waals surface area contributed by atoms with Crippen molar-refractivity contribution < 1.29 is 9.18 Å². The van der Waals surface area contributed by atoms with Crippen molar-refractivity contribution in [2.24, 2.45) is 7.05 Å². The standard InChI is InChI=1S/C18H16ClFN4O/c1-24-11-10-21-17(24)16(12-2-4-13(19)5-3-12)23-18(25)22-15-8-6-14(20)7-9-15/h2-11,16H,1H3,(H2,22,23,25). The molecule has 0 aliphatic heterocycles. The Morgan fingerprint density at radius 2 is 1.84 bits per heavy atom. The Morgan fingerprint density at radius 1 is 1.16 bits per heavy atom. The number of halogens is 2. The van der Waals surface area contributed by atoms with Gasteiger partial charge in [0.2, 0.25) is 0 Å². The highest BCUT2D eigenvalue weighted by Crippen LogP contribution is 2.22. The van der Waals surface area contributed by atoms with Crippen molar-refractivity contribution >= 4 is 23.3 Å². The minimum atomic E-state index is -0.460. The number of aryl methyl sites for hydroxylation is 1. The van der Waals surface area contributed by atoms with Crippen LogP contribution in [0.25, 0.3) is 0 Å². The maximum absolute atomic E-state index is 13.0. The second-order valence-electron chi connectivity index (χ2n) is 5.49. The van der Waals surface area contributed by atoms with Crippen molar-refractivity contribution in [3.63, 3.8) is 0 Å². The van der Waals surface area contributed by atoms with Gasteiger partial charge in [0, 0.05) is 30.2 Å². The van der Waals surface area contributed by atoms with Gasteiger partial charge in [-0.1, -0.05) is 23.7 Å². The van der Waals surface area contributed by atoms with Crippen LogP contribution < -0.4 is 10.6 Å². The summed E-state index contributed by atoms with van der Waals surface area (Å²) >= 11 is 5.95. The van der Waals surface area contributed by atoms with Gasteiger partial charge in [0.1, 0.15) is 17.7 Å². The van der Waals surface area contributed by atoms with E-state index in [1.54, 1.807) is 24.5 Å². The molecule has 5 nitrogen and oxygen atoms in total. The molecule has 128 valence electrons. The summed E-state index contributed by atoms with van der Waals surface area (Å²) in [4.78, 5) is 16.7. The van der Waals surface area contributed by atoms with E-state index in [0.29, 0.717) is 16.5 Å². The second-order valence-corrected chi connectivity index (χ2v) is 5.92. The van der Waals surface area contributed by atoms with E-state index >= 15 is 0 Å². The zero-order chi connectivity index (χ0) is 17.8. The van der Waals surface area contributed by atoms with Crippen LogP contribution >= 0.6 is 11.6 Å². The van der Waals surface area contributed by atoms with Gasteiger partial charge in [0.05, 0.1) is 0 Å². The molecule has 0 saturated carbocycles. The molecular formula is C18H16ClFN4O. The number of carbonyl (C=O) groups excluding carboxylic acids is 1. The Balaban J connectivity index is 1.82. The normalized spacial score (nSPS) is 11.8. The smallest absolute Gasteiger partial charge is 0.320 e. The lowest BCUT2D eigenvalue weighted by Crippen LogP contribution is -2.34. The monoisotopic (exact) mass is 358 g/mol. The Bertz CT molecular complexity index is 862. The molecule has 3 rings (SSSR count). The summed E-state index contributed by atoms with van der Waals surface area (Å²) in [5.74, 6) is 0.314. The van der Waals surface area contributed by atoms with Crippen LogP contribution in [0.4, 0.5) is 14.9 Å². The highest BCUT2D eigenvalue weighted by atomic mass is 35.5. The van der Waals surface area contributed by atoms with E-state index in [4.69, 9.17) is 11.6 Å². The zero-order valence-electron chi connectivity index (χ0n) is 13.4. The molecule has 0 aliphatic rings. The molecule has 0 bridgehead atoms. The Morgan fingerprint density at radius 3 is 2.44 bits per heavy atom. The fourth-order valence-electron chi connectivity index (χ4n) is 2.44. The quantitative estimate of drug-likeness (QED) is 0.737. The van der Waals surface area contributed by atoms with Gasteiger partial charge in [-0.05, 0) is 42.0 Å². The van der Waals surface area contributed by atoms with Crippen LogP contribution in [0.15, 0.2) is 60.9 Å². The first kappa shape index (κ1) is 17.0. The largest absolute Gasteiger partial charge is 0.336 e. The highest BCUT2D eigenvalue weighted by Gasteiger charge is 2.20. The number of urea groups is 1. The molecule has 1 unspecified atom stereocenters. The van der Waals surface area contributed by atoms with Gasteiger partial charge in [-0.15, -0.1) is 0 Å². The average Bonchev–Trinajstić information content (AvgIpc) is 3.01. The Hall–Kier alpha value is -2.86. The average molecular weight is 359 g/mol. The van der Waals surface area contributed by atoms with Gasteiger partial charge in [-0.3, -0.25) is 0 Å². The molecule has 0 aliphatic carbocycles. The third-order valence-electron chi connectivity index (χ3n) is 3.70. The number of carbonyl (C=O) groups is 1. The summed E-state index contributed by atoms with van der Waals surface area (Å²) in [5.41, 5.74) is 1.33. The number of nitrogens with one attached hydrogen (secondary N) is 2. The number of hydrogen-bond donors (Lipinski definition) is 2. The summed E-state index contributed by atoms with van der Waals surface area (Å²) in [7, 11) is 1.85. The lowest BCUT2D eigenvalue weighted by molar-refractivity contribution is 0.249. The summed E-state index contributed by atoms with van der Waals surface area (Å²) in [6.07, 6.45) is 3.47. The van der Waals surface area contributed by atoms with E-state index in [1.807, 2.05) is 23.7 Å². The predicted octanol–water partition coefficient (Wildman–Crippen LogP) is 4.12. The van der Waals surface area contributed by atoms with Gasteiger partial charge in [-0.2, -0.15) is 0 Å². The van der Waals surface area contributed by atoms with E-state index < -0.39 is 12.1 Å². The number of benzene rings is 2. The molecule has 2 aromatic carbocycles. The maximum atomic E-state index is 13.0. The van der Waals surface area contributed by atoms with Crippen molar-refractivity contribution in [2.75, 3.05) is 5.32 Å². The van der Waals surface area contributed by atoms with E-state index in [9.17, 15) is 9.18 Å². The van der Waals surface area contributed by atoms with Crippen LogP contribution in [0.3, 0.4) is 0 Å². The number of amides is 2. The van der Waals surface area contributed by atoms with Gasteiger partial charge < -0.3 is 15.2 Å². The van der Waals surface area contributed by atoms with Gasteiger partial charge in [0.15, 0.2) is 0 Å². The molecule has 3 aromatic rings. The lowest BCUT2D eigenvalue weighted by atomic mass is 10.1. The molecule has 1 aromatic heterocycles. The molecule has 7 heteroatoms. The molecule has 0 radical (unpaired) electrons. The molecule has 0 spiro atoms. The Labute approximate surface area is 149 Å². The van der Waals surface area contributed by atoms with Crippen LogP contribution in [0.2, 0.25) is 5.02 Å². The zero-order valence-corrected chi connectivity index (χ0v) is 14.2. The lowest BCUT2D eigenvalue weighted by Gasteiger charge is -2.19. The summed E-state index contributed by atoms with van der Waals surface area (Å²) < 4.78 is 14.8. The number of imidazole rings is 1. The van der Waals surface area contributed by atoms with Gasteiger partial charge in [0.25, 0.3) is 0 Å². The maximum Gasteiger partial charge on any atom is 0.320 e. The number of hydrogen-bond acceptors (Lipinski definition) is 2. The number of rotatable bonds is 4. The summed E-state index contributed by atoms with van der Waals surface area (Å²) in [5, 5.41) is 6.18. The fraction of sp³-hybridized carbons (Fsp3) is 0.111. The van der Waals surface area contributed by atoms with Crippen LogP contribution in [0, 0.1) is 5.82 Å². The molecule has 2 N–H and O–H groups in total. The molecule has 1 atom stereocenters. The van der Waals surface area contributed by atoms with Crippen molar-refractivity contribution in [1.29, 1.82) is 0 Å². The summed E-state index contributed by atoms with van der Waals surface area (Å²) in [6.45, 7) is 0. The summed E-state index contributed by atoms with van der Waals surface area (Å²) in [6, 6.07) is 11.8. The van der Waals surface area contributed by atoms with Crippen LogP contribution in [-0.4, -0.2) is 15.6 Å². The van der Waals surface area contributed by atoms with E-state index in [1.165, 1.54) is 24.3 Å². The minimum absolute atomic E-state index is 0.363. The Kier molecular flexibility index (Phi) is 5.00. The molecule has 1 heterocycles. The van der Waals surface area contributed by atoms with Crippen molar-refractivity contribution in [3.8, 4) is 0 Å². The third-order valence-corrected chi connectivity index (χ3v) is 3.95. The topological polar surface area (TPSA) is 59.0 Å². The van der Waals surface area contributed by atoms with Gasteiger partial charge in [-0.25, -0.2) is 14.2 Å². The molecule has 0 saturated heterocycles. The first-order chi connectivity index (χ1) is 12.0. The van der Waals surface area contributed by atoms with Gasteiger partial charge >= 0.3 is 6.03 Å². The SMILES string of the molecule is Cn1ccnc1C(NC(=O)Nc1ccc(F)cc1)c1ccc(Cl)cc1. The van der Waals surface area contributed by atoms with Crippen molar-refractivity contribution in [1.82, 2.24) is 14.9 Å². The van der Waals surface area contributed by atoms with Crippen LogP contribution in [-0.2, 0) is 7.05 Å². The van der Waals surface area contributed by atoms with Crippen molar-refractivity contribution in [3.05, 3.63) is 83.2 Å². The van der Waals surface area contributed by atoms with Crippen LogP contribution in [0.5, 0.6) is 0 Å². The van der Waals surface area contributed by atoms with E-state index in [0.717, 1.165) is 5.56 Å². The molecule has 0 fully saturated rings. The molecule has 25 heavy (non-hydrogen) atoms. The minimum Gasteiger partial charge on any atom is -0.336 e. The van der Waals surface area contributed by atoms with Crippen molar-refractivity contribution in [2.45, 2.75) is 6.04 Å². The number of aromatic nitrogens is 2.